The Morgan fingerprint density at radius 1 is 1.04 bits per heavy atom. The monoisotopic (exact) mass is 381 g/mol. The molecule has 3 nitrogen and oxygen atoms in total. The van der Waals surface area contributed by atoms with Crippen molar-refractivity contribution in [1.82, 2.24) is 5.32 Å². The van der Waals surface area contributed by atoms with Crippen molar-refractivity contribution in [3.05, 3.63) is 59.7 Å². The van der Waals surface area contributed by atoms with Gasteiger partial charge in [-0.2, -0.15) is 0 Å². The Kier molecular flexibility index (Phi) is 8.23. The molecule has 1 unspecified atom stereocenters. The van der Waals surface area contributed by atoms with Crippen LogP contribution in [0.2, 0.25) is 0 Å². The van der Waals surface area contributed by atoms with Gasteiger partial charge in [0, 0.05) is 12.5 Å². The lowest BCUT2D eigenvalue weighted by Crippen LogP contribution is -2.33. The molecule has 0 radical (unpaired) electrons. The van der Waals surface area contributed by atoms with E-state index in [4.69, 9.17) is 9.47 Å². The van der Waals surface area contributed by atoms with Crippen molar-refractivity contribution in [2.75, 3.05) is 19.7 Å². The van der Waals surface area contributed by atoms with Crippen LogP contribution in [0, 0.1) is 5.92 Å². The maximum atomic E-state index is 6.19. The van der Waals surface area contributed by atoms with Gasteiger partial charge in [-0.25, -0.2) is 0 Å². The quantitative estimate of drug-likeness (QED) is 0.558. The number of unbranched alkanes of at least 4 members (excludes halogenated alkanes) is 1. The molecule has 0 aliphatic carbocycles. The molecule has 2 aromatic carbocycles. The zero-order valence-corrected chi connectivity index (χ0v) is 17.5. The van der Waals surface area contributed by atoms with E-state index in [1.807, 2.05) is 6.07 Å². The molecule has 0 amide bonds. The third-order valence-electron chi connectivity index (χ3n) is 5.28. The van der Waals surface area contributed by atoms with Crippen molar-refractivity contribution >= 4 is 0 Å². The summed E-state index contributed by atoms with van der Waals surface area (Å²) in [5.74, 6) is 2.69. The molecular formula is C25H35NO2. The summed E-state index contributed by atoms with van der Waals surface area (Å²) >= 11 is 0. The fourth-order valence-corrected chi connectivity index (χ4v) is 3.82. The number of piperidine rings is 1. The number of nitrogens with one attached hydrogen (secondary N) is 1. The summed E-state index contributed by atoms with van der Waals surface area (Å²) in [4.78, 5) is 0. The fourth-order valence-electron chi connectivity index (χ4n) is 3.82. The predicted molar refractivity (Wildman–Crippen MR) is 116 cm³/mol. The van der Waals surface area contributed by atoms with Gasteiger partial charge in [0.05, 0.1) is 12.7 Å². The van der Waals surface area contributed by atoms with E-state index in [1.165, 1.54) is 36.8 Å². The van der Waals surface area contributed by atoms with E-state index in [1.54, 1.807) is 0 Å². The molecule has 28 heavy (non-hydrogen) atoms. The highest BCUT2D eigenvalue weighted by Crippen LogP contribution is 2.23. The van der Waals surface area contributed by atoms with Gasteiger partial charge in [0.1, 0.15) is 11.5 Å². The van der Waals surface area contributed by atoms with E-state index in [0.29, 0.717) is 5.92 Å². The van der Waals surface area contributed by atoms with Gasteiger partial charge in [0.2, 0.25) is 0 Å². The first-order valence-corrected chi connectivity index (χ1v) is 10.9. The first-order valence-electron chi connectivity index (χ1n) is 10.9. The molecule has 1 heterocycles. The van der Waals surface area contributed by atoms with Crippen LogP contribution in [0.4, 0.5) is 0 Å². The normalized spacial score (nSPS) is 16.9. The highest BCUT2D eigenvalue weighted by molar-refractivity contribution is 5.33. The van der Waals surface area contributed by atoms with E-state index in [2.05, 4.69) is 61.6 Å². The van der Waals surface area contributed by atoms with Crippen molar-refractivity contribution in [2.24, 2.45) is 5.92 Å². The van der Waals surface area contributed by atoms with Gasteiger partial charge in [-0.1, -0.05) is 30.3 Å². The van der Waals surface area contributed by atoms with E-state index in [9.17, 15) is 0 Å². The van der Waals surface area contributed by atoms with E-state index in [0.717, 1.165) is 44.0 Å². The summed E-state index contributed by atoms with van der Waals surface area (Å²) in [6, 6.07) is 17.0. The Labute approximate surface area is 170 Å². The van der Waals surface area contributed by atoms with Crippen molar-refractivity contribution in [3.8, 4) is 11.5 Å². The average Bonchev–Trinajstić information content (AvgIpc) is 2.71. The first-order chi connectivity index (χ1) is 13.7. The van der Waals surface area contributed by atoms with Crippen molar-refractivity contribution < 1.29 is 9.47 Å². The minimum absolute atomic E-state index is 0.219. The van der Waals surface area contributed by atoms with Crippen LogP contribution in [0.1, 0.15) is 50.7 Å². The summed E-state index contributed by atoms with van der Waals surface area (Å²) in [7, 11) is 0. The molecular weight excluding hydrogens is 346 g/mol. The molecule has 1 aliphatic rings. The summed E-state index contributed by atoms with van der Waals surface area (Å²) in [6.45, 7) is 7.20. The van der Waals surface area contributed by atoms with Gasteiger partial charge >= 0.3 is 0 Å². The van der Waals surface area contributed by atoms with Crippen molar-refractivity contribution in [3.63, 3.8) is 0 Å². The number of hydrogen-bond donors (Lipinski definition) is 1. The van der Waals surface area contributed by atoms with Crippen LogP contribution < -0.4 is 14.8 Å². The smallest absolute Gasteiger partial charge is 0.122 e. The predicted octanol–water partition coefficient (Wildman–Crippen LogP) is 5.42. The molecule has 1 fully saturated rings. The Hall–Kier alpha value is -2.00. The Morgan fingerprint density at radius 3 is 2.71 bits per heavy atom. The summed E-state index contributed by atoms with van der Waals surface area (Å²) < 4.78 is 12.0. The fraction of sp³-hybridized carbons (Fsp3) is 0.520. The first kappa shape index (κ1) is 20.7. The second-order valence-corrected chi connectivity index (χ2v) is 8.15. The van der Waals surface area contributed by atoms with E-state index in [-0.39, 0.29) is 6.10 Å². The highest BCUT2D eigenvalue weighted by Gasteiger charge is 2.14. The zero-order chi connectivity index (χ0) is 19.6. The lowest BCUT2D eigenvalue weighted by molar-refractivity contribution is 0.217. The molecule has 0 aromatic heterocycles. The highest BCUT2D eigenvalue weighted by atomic mass is 16.5. The number of para-hydroxylation sites is 1. The summed E-state index contributed by atoms with van der Waals surface area (Å²) in [6.07, 6.45) is 7.25. The van der Waals surface area contributed by atoms with Gasteiger partial charge in [-0.15, -0.1) is 0 Å². The molecule has 1 atom stereocenters. The van der Waals surface area contributed by atoms with Crippen molar-refractivity contribution in [1.29, 1.82) is 0 Å². The largest absolute Gasteiger partial charge is 0.493 e. The van der Waals surface area contributed by atoms with Crippen LogP contribution in [-0.4, -0.2) is 25.8 Å². The minimum Gasteiger partial charge on any atom is -0.493 e. The number of rotatable bonds is 10. The molecule has 1 N–H and O–H groups in total. The van der Waals surface area contributed by atoms with E-state index >= 15 is 0 Å². The van der Waals surface area contributed by atoms with Crippen LogP contribution in [-0.2, 0) is 12.8 Å². The summed E-state index contributed by atoms with van der Waals surface area (Å²) in [5, 5.41) is 3.47. The molecule has 0 saturated carbocycles. The summed E-state index contributed by atoms with van der Waals surface area (Å²) in [5.41, 5.74) is 2.69. The van der Waals surface area contributed by atoms with Crippen LogP contribution >= 0.6 is 0 Å². The number of benzene rings is 2. The van der Waals surface area contributed by atoms with Crippen LogP contribution in [0.25, 0.3) is 0 Å². The second-order valence-electron chi connectivity index (χ2n) is 8.15. The maximum Gasteiger partial charge on any atom is 0.122 e. The van der Waals surface area contributed by atoms with Crippen LogP contribution in [0.5, 0.6) is 11.5 Å². The Bertz CT molecular complexity index is 707. The van der Waals surface area contributed by atoms with Gasteiger partial charge in [-0.05, 0) is 88.2 Å². The number of aryl methyl sites for hydroxylation is 2. The van der Waals surface area contributed by atoms with Gasteiger partial charge < -0.3 is 14.8 Å². The topological polar surface area (TPSA) is 30.5 Å². The lowest BCUT2D eigenvalue weighted by atomic mass is 10.0. The third-order valence-corrected chi connectivity index (χ3v) is 5.28. The molecule has 1 saturated heterocycles. The van der Waals surface area contributed by atoms with Gasteiger partial charge in [-0.3, -0.25) is 0 Å². The van der Waals surface area contributed by atoms with E-state index < -0.39 is 0 Å². The molecule has 0 spiro atoms. The molecule has 1 aliphatic heterocycles. The van der Waals surface area contributed by atoms with Crippen molar-refractivity contribution in [2.45, 2.75) is 58.5 Å². The van der Waals surface area contributed by atoms with Gasteiger partial charge in [0.15, 0.2) is 0 Å². The lowest BCUT2D eigenvalue weighted by Gasteiger charge is -2.23. The van der Waals surface area contributed by atoms with Gasteiger partial charge in [0.25, 0.3) is 0 Å². The minimum atomic E-state index is 0.219. The molecule has 2 aromatic rings. The molecule has 152 valence electrons. The van der Waals surface area contributed by atoms with Crippen LogP contribution in [0.15, 0.2) is 48.5 Å². The Balaban J connectivity index is 1.44. The zero-order valence-electron chi connectivity index (χ0n) is 17.5. The second kappa shape index (κ2) is 11.1. The molecule has 3 heteroatoms. The maximum absolute atomic E-state index is 6.19. The van der Waals surface area contributed by atoms with Crippen LogP contribution in [0.3, 0.4) is 0 Å². The molecule has 0 bridgehead atoms. The standard InChI is InChI=1S/C25H35NO2/c1-20(2)28-24-14-7-10-21(17-24)9-3-4-12-23-13-5-6-15-25(23)27-19-22-11-8-16-26-18-22/h5-7,10,13-15,17,20,22,26H,3-4,8-9,11-12,16,18-19H2,1-2H3. The third kappa shape index (κ3) is 6.87. The SMILES string of the molecule is CC(C)Oc1cccc(CCCCc2ccccc2OCC2CCCNC2)c1. The number of ether oxygens (including phenoxy) is 2. The average molecular weight is 382 g/mol. The Morgan fingerprint density at radius 2 is 1.89 bits per heavy atom. The number of hydrogen-bond acceptors (Lipinski definition) is 3. The molecule has 3 rings (SSSR count).